The summed E-state index contributed by atoms with van der Waals surface area (Å²) in [6.45, 7) is 0. The van der Waals surface area contributed by atoms with Crippen LogP contribution < -0.4 is 0 Å². The van der Waals surface area contributed by atoms with Gasteiger partial charge in [-0.15, -0.1) is 0 Å². The highest BCUT2D eigenvalue weighted by atomic mass is 16.6. The molecule has 0 amide bonds. The first-order valence-corrected chi connectivity index (χ1v) is 7.53. The smallest absolute Gasteiger partial charge is 0.338 e. The number of aryl methyl sites for hydroxylation is 1. The molecule has 1 fully saturated rings. The second-order valence-corrected chi connectivity index (χ2v) is 5.75. The molecule has 2 aliphatic rings. The van der Waals surface area contributed by atoms with Gasteiger partial charge in [-0.05, 0) is 24.8 Å². The summed E-state index contributed by atoms with van der Waals surface area (Å²) >= 11 is 0. The number of carbonyl (C=O) groups is 1. The Kier molecular flexibility index (Phi) is 3.85. The van der Waals surface area contributed by atoms with Crippen LogP contribution in [0.15, 0.2) is 17.3 Å². The molecule has 1 unspecified atom stereocenters. The Morgan fingerprint density at radius 1 is 1.20 bits per heavy atom. The van der Waals surface area contributed by atoms with Crippen LogP contribution in [-0.4, -0.2) is 27.7 Å². The van der Waals surface area contributed by atoms with Crippen molar-refractivity contribution >= 4 is 11.9 Å². The van der Waals surface area contributed by atoms with Crippen molar-refractivity contribution in [2.45, 2.75) is 51.0 Å². The average Bonchev–Trinajstić information content (AvgIpc) is 2.95. The van der Waals surface area contributed by atoms with Crippen LogP contribution in [0.3, 0.4) is 0 Å². The highest BCUT2D eigenvalue weighted by molar-refractivity contribution is 6.05. The summed E-state index contributed by atoms with van der Waals surface area (Å²) in [7, 11) is 1.83. The van der Waals surface area contributed by atoms with Crippen molar-refractivity contribution in [3.05, 3.63) is 18.0 Å². The fourth-order valence-corrected chi connectivity index (χ4v) is 3.16. The maximum atomic E-state index is 12.1. The lowest BCUT2D eigenvalue weighted by Gasteiger charge is -2.21. The lowest BCUT2D eigenvalue weighted by atomic mass is 9.86. The highest BCUT2D eigenvalue weighted by Gasteiger charge is 2.36. The largest absolute Gasteiger partial charge is 0.404 e. The minimum Gasteiger partial charge on any atom is -0.404 e. The van der Waals surface area contributed by atoms with E-state index in [1.807, 2.05) is 13.1 Å². The molecule has 1 aliphatic heterocycles. The number of aliphatic imine (C=N–C) groups is 1. The molecule has 5 heteroatoms. The van der Waals surface area contributed by atoms with E-state index < -0.39 is 0 Å². The van der Waals surface area contributed by atoms with E-state index >= 15 is 0 Å². The molecule has 0 spiro atoms. The number of esters is 1. The Hall–Kier alpha value is -1.65. The molecular formula is C15H21N3O2. The van der Waals surface area contributed by atoms with Gasteiger partial charge in [-0.1, -0.05) is 32.1 Å². The number of cyclic esters (lactones) is 1. The molecule has 0 bridgehead atoms. The molecule has 3 rings (SSSR count). The minimum atomic E-state index is -0.307. The summed E-state index contributed by atoms with van der Waals surface area (Å²) < 4.78 is 7.06. The highest BCUT2D eigenvalue weighted by Crippen LogP contribution is 2.29. The van der Waals surface area contributed by atoms with Crippen molar-refractivity contribution in [1.29, 1.82) is 0 Å². The average molecular weight is 275 g/mol. The standard InChI is InChI=1S/C15H21N3O2/c1-18-12(9-10-16-18)14-17-13(15(19)20-14)11-7-5-3-2-4-6-8-11/h9-11,13H,2-8H2,1H3. The fourth-order valence-electron chi connectivity index (χ4n) is 3.16. The molecule has 0 radical (unpaired) electrons. The molecular weight excluding hydrogens is 254 g/mol. The van der Waals surface area contributed by atoms with E-state index in [-0.39, 0.29) is 12.0 Å². The Labute approximate surface area is 119 Å². The summed E-state index contributed by atoms with van der Waals surface area (Å²) in [6, 6.07) is 1.52. The topological polar surface area (TPSA) is 56.5 Å². The third-order valence-electron chi connectivity index (χ3n) is 4.33. The van der Waals surface area contributed by atoms with Crippen molar-refractivity contribution < 1.29 is 9.53 Å². The first-order chi connectivity index (χ1) is 9.75. The van der Waals surface area contributed by atoms with Gasteiger partial charge in [0.1, 0.15) is 5.69 Å². The predicted molar refractivity (Wildman–Crippen MR) is 75.4 cm³/mol. The van der Waals surface area contributed by atoms with Gasteiger partial charge < -0.3 is 4.74 Å². The van der Waals surface area contributed by atoms with E-state index in [1.54, 1.807) is 10.9 Å². The first-order valence-electron chi connectivity index (χ1n) is 7.53. The fraction of sp³-hybridized carbons (Fsp3) is 0.667. The quantitative estimate of drug-likeness (QED) is 0.779. The van der Waals surface area contributed by atoms with Gasteiger partial charge in [0.05, 0.1) is 0 Å². The van der Waals surface area contributed by atoms with E-state index in [2.05, 4.69) is 10.1 Å². The third kappa shape index (κ3) is 2.62. The molecule has 108 valence electrons. The van der Waals surface area contributed by atoms with Crippen molar-refractivity contribution in [2.75, 3.05) is 0 Å². The third-order valence-corrected chi connectivity index (χ3v) is 4.33. The number of hydrogen-bond acceptors (Lipinski definition) is 4. The molecule has 1 aromatic heterocycles. The Morgan fingerprint density at radius 3 is 2.55 bits per heavy atom. The van der Waals surface area contributed by atoms with Gasteiger partial charge in [0.2, 0.25) is 5.90 Å². The summed E-state index contributed by atoms with van der Waals surface area (Å²) in [5, 5.41) is 4.10. The molecule has 0 aromatic carbocycles. The number of aromatic nitrogens is 2. The first kappa shape index (κ1) is 13.3. The maximum absolute atomic E-state index is 12.1. The number of ether oxygens (including phenoxy) is 1. The predicted octanol–water partition coefficient (Wildman–Crippen LogP) is 2.45. The Balaban J connectivity index is 1.77. The molecule has 1 aromatic rings. The Morgan fingerprint density at radius 2 is 1.90 bits per heavy atom. The van der Waals surface area contributed by atoms with Crippen LogP contribution in [-0.2, 0) is 16.6 Å². The van der Waals surface area contributed by atoms with Crippen LogP contribution in [0.25, 0.3) is 0 Å². The van der Waals surface area contributed by atoms with Crippen LogP contribution in [0.2, 0.25) is 0 Å². The number of rotatable bonds is 2. The van der Waals surface area contributed by atoms with Gasteiger partial charge in [0.15, 0.2) is 6.04 Å². The van der Waals surface area contributed by atoms with E-state index in [0.717, 1.165) is 18.5 Å². The molecule has 0 saturated heterocycles. The maximum Gasteiger partial charge on any atom is 0.338 e. The van der Waals surface area contributed by atoms with Crippen molar-refractivity contribution in [3.63, 3.8) is 0 Å². The van der Waals surface area contributed by atoms with Crippen molar-refractivity contribution in [3.8, 4) is 0 Å². The zero-order valence-corrected chi connectivity index (χ0v) is 11.9. The summed E-state index contributed by atoms with van der Waals surface area (Å²) in [6.07, 6.45) is 10.1. The zero-order valence-electron chi connectivity index (χ0n) is 11.9. The van der Waals surface area contributed by atoms with Crippen LogP contribution in [0.5, 0.6) is 0 Å². The minimum absolute atomic E-state index is 0.188. The number of carbonyl (C=O) groups excluding carboxylic acids is 1. The van der Waals surface area contributed by atoms with Crippen LogP contribution >= 0.6 is 0 Å². The van der Waals surface area contributed by atoms with E-state index in [4.69, 9.17) is 4.74 Å². The molecule has 1 saturated carbocycles. The van der Waals surface area contributed by atoms with E-state index in [0.29, 0.717) is 11.8 Å². The second-order valence-electron chi connectivity index (χ2n) is 5.75. The summed E-state index contributed by atoms with van der Waals surface area (Å²) in [5.74, 6) is 0.586. The Bertz CT molecular complexity index is 513. The SMILES string of the molecule is Cn1nccc1C1=NC(C2CCCCCCC2)C(=O)O1. The van der Waals surface area contributed by atoms with Crippen LogP contribution in [0.4, 0.5) is 0 Å². The van der Waals surface area contributed by atoms with Crippen molar-refractivity contribution in [2.24, 2.45) is 18.0 Å². The van der Waals surface area contributed by atoms with Gasteiger partial charge in [0, 0.05) is 13.2 Å². The van der Waals surface area contributed by atoms with Crippen molar-refractivity contribution in [1.82, 2.24) is 9.78 Å². The van der Waals surface area contributed by atoms with Crippen LogP contribution in [0, 0.1) is 5.92 Å². The van der Waals surface area contributed by atoms with E-state index in [1.165, 1.54) is 32.1 Å². The van der Waals surface area contributed by atoms with Crippen LogP contribution in [0.1, 0.15) is 50.6 Å². The van der Waals surface area contributed by atoms with Gasteiger partial charge in [0.25, 0.3) is 0 Å². The number of nitrogens with zero attached hydrogens (tertiary/aromatic N) is 3. The molecule has 1 atom stereocenters. The number of hydrogen-bond donors (Lipinski definition) is 0. The van der Waals surface area contributed by atoms with E-state index in [9.17, 15) is 4.79 Å². The van der Waals surface area contributed by atoms with Gasteiger partial charge >= 0.3 is 5.97 Å². The van der Waals surface area contributed by atoms with Gasteiger partial charge in [-0.25, -0.2) is 9.79 Å². The molecule has 5 nitrogen and oxygen atoms in total. The van der Waals surface area contributed by atoms with Gasteiger partial charge in [-0.2, -0.15) is 5.10 Å². The summed E-state index contributed by atoms with van der Waals surface area (Å²) in [5.41, 5.74) is 0.770. The van der Waals surface area contributed by atoms with Gasteiger partial charge in [-0.3, -0.25) is 4.68 Å². The normalized spacial score (nSPS) is 24.9. The molecule has 0 N–H and O–H groups in total. The lowest BCUT2D eigenvalue weighted by Crippen LogP contribution is -2.26. The monoisotopic (exact) mass is 275 g/mol. The molecule has 20 heavy (non-hydrogen) atoms. The molecule has 2 heterocycles. The zero-order chi connectivity index (χ0) is 13.9. The lowest BCUT2D eigenvalue weighted by molar-refractivity contribution is -0.136. The second kappa shape index (κ2) is 5.77. The summed E-state index contributed by atoms with van der Waals surface area (Å²) in [4.78, 5) is 16.7. The molecule has 1 aliphatic carbocycles.